The second-order valence-corrected chi connectivity index (χ2v) is 9.50. The van der Waals surface area contributed by atoms with Gasteiger partial charge in [-0.3, -0.25) is 9.78 Å². The van der Waals surface area contributed by atoms with Crippen LogP contribution in [-0.2, 0) is 13.0 Å². The van der Waals surface area contributed by atoms with Crippen LogP contribution >= 0.6 is 0 Å². The number of carbonyl (C=O) groups is 1. The Bertz CT molecular complexity index is 1270. The monoisotopic (exact) mass is 484 g/mol. The maximum atomic E-state index is 13.1. The molecule has 3 heterocycles. The van der Waals surface area contributed by atoms with E-state index in [1.165, 1.54) is 6.42 Å². The minimum Gasteiger partial charge on any atom is -0.290 e. The van der Waals surface area contributed by atoms with Gasteiger partial charge in [0.05, 0.1) is 6.54 Å². The summed E-state index contributed by atoms with van der Waals surface area (Å²) >= 11 is 0. The fraction of sp³-hybridized carbons (Fsp3) is 0.444. The molecular formula is C27H32N8O. The molecule has 5 rings (SSSR count). The van der Waals surface area contributed by atoms with E-state index >= 15 is 0 Å². The van der Waals surface area contributed by atoms with Crippen LogP contribution in [0.15, 0.2) is 42.6 Å². The van der Waals surface area contributed by atoms with Gasteiger partial charge in [-0.15, -0.1) is 15.3 Å². The number of nitrogens with one attached hydrogen (secondary N) is 1. The van der Waals surface area contributed by atoms with Crippen molar-refractivity contribution in [2.24, 2.45) is 5.92 Å². The van der Waals surface area contributed by atoms with Gasteiger partial charge < -0.3 is 0 Å². The Morgan fingerprint density at radius 1 is 1.08 bits per heavy atom. The molecule has 1 aliphatic carbocycles. The smallest absolute Gasteiger partial charge is 0.223 e. The highest BCUT2D eigenvalue weighted by molar-refractivity contribution is 5.94. The maximum absolute atomic E-state index is 13.1. The number of carbonyl (C=O) groups excluding carboxylic acids is 1. The molecule has 9 heteroatoms. The lowest BCUT2D eigenvalue weighted by molar-refractivity contribution is 0.0878. The SMILES string of the molecule is CCCCCc1nc(C(=O)C2CCCCC2)nn1Cc1ccc(-c2cccnc2-c2nn[nH]n2)cc1. The number of unbranched alkanes of at least 4 members (excludes halogenated alkanes) is 2. The Morgan fingerprint density at radius 2 is 1.92 bits per heavy atom. The number of aromatic nitrogens is 8. The first-order chi connectivity index (χ1) is 17.7. The number of Topliss-reactive ketones (excluding diaryl/α,β-unsaturated/α-hetero) is 1. The third kappa shape index (κ3) is 5.40. The standard InChI is InChI=1S/C27H32N8O/c1-2-3-5-12-23-29-27(25(36)21-9-6-4-7-10-21)32-35(23)18-19-13-15-20(16-14-19)22-11-8-17-28-24(22)26-30-33-34-31-26/h8,11,13-17,21H,2-7,9-10,12,18H2,1H3,(H,30,31,33,34). The van der Waals surface area contributed by atoms with Crippen molar-refractivity contribution >= 4 is 5.78 Å². The third-order valence-electron chi connectivity index (χ3n) is 6.91. The molecule has 0 saturated heterocycles. The molecule has 0 unspecified atom stereocenters. The molecule has 9 nitrogen and oxygen atoms in total. The number of tetrazole rings is 1. The fourth-order valence-electron chi connectivity index (χ4n) is 4.91. The predicted octanol–water partition coefficient (Wildman–Crippen LogP) is 5.06. The van der Waals surface area contributed by atoms with E-state index in [9.17, 15) is 4.79 Å². The number of nitrogens with zero attached hydrogens (tertiary/aromatic N) is 7. The van der Waals surface area contributed by atoms with Gasteiger partial charge in [0, 0.05) is 24.1 Å². The Labute approximate surface area is 210 Å². The van der Waals surface area contributed by atoms with Gasteiger partial charge in [-0.25, -0.2) is 9.67 Å². The zero-order valence-electron chi connectivity index (χ0n) is 20.7. The molecule has 1 fully saturated rings. The molecular weight excluding hydrogens is 452 g/mol. The summed E-state index contributed by atoms with van der Waals surface area (Å²) in [6.07, 6.45) is 11.3. The first-order valence-corrected chi connectivity index (χ1v) is 13.0. The van der Waals surface area contributed by atoms with Crippen LogP contribution in [0.5, 0.6) is 0 Å². The molecule has 1 aromatic carbocycles. The molecule has 0 amide bonds. The van der Waals surface area contributed by atoms with Crippen LogP contribution in [0.1, 0.15) is 80.3 Å². The lowest BCUT2D eigenvalue weighted by atomic mass is 9.86. The van der Waals surface area contributed by atoms with Crippen LogP contribution in [0.4, 0.5) is 0 Å². The Kier molecular flexibility index (Phi) is 7.54. The van der Waals surface area contributed by atoms with Crippen LogP contribution in [-0.4, -0.2) is 46.2 Å². The molecule has 3 aromatic heterocycles. The van der Waals surface area contributed by atoms with Gasteiger partial charge in [0.25, 0.3) is 0 Å². The van der Waals surface area contributed by atoms with Crippen LogP contribution in [0.2, 0.25) is 0 Å². The molecule has 0 bridgehead atoms. The molecule has 1 aliphatic rings. The lowest BCUT2D eigenvalue weighted by Gasteiger charge is -2.18. The number of aryl methyl sites for hydroxylation is 1. The van der Waals surface area contributed by atoms with Crippen molar-refractivity contribution in [3.05, 3.63) is 59.8 Å². The molecule has 1 N–H and O–H groups in total. The van der Waals surface area contributed by atoms with E-state index in [0.29, 0.717) is 23.9 Å². The number of benzene rings is 1. The summed E-state index contributed by atoms with van der Waals surface area (Å²) in [5, 5.41) is 19.0. The highest BCUT2D eigenvalue weighted by Gasteiger charge is 2.26. The molecule has 0 atom stereocenters. The molecule has 0 spiro atoms. The minimum absolute atomic E-state index is 0.0743. The molecule has 4 aromatic rings. The highest BCUT2D eigenvalue weighted by Crippen LogP contribution is 2.29. The van der Waals surface area contributed by atoms with Gasteiger partial charge in [-0.2, -0.15) is 5.21 Å². The largest absolute Gasteiger partial charge is 0.290 e. The van der Waals surface area contributed by atoms with Crippen molar-refractivity contribution in [1.29, 1.82) is 0 Å². The molecule has 0 aliphatic heterocycles. The zero-order valence-corrected chi connectivity index (χ0v) is 20.7. The van der Waals surface area contributed by atoms with Crippen molar-refractivity contribution in [2.75, 3.05) is 0 Å². The second-order valence-electron chi connectivity index (χ2n) is 9.50. The van der Waals surface area contributed by atoms with E-state index in [-0.39, 0.29) is 11.7 Å². The molecule has 0 radical (unpaired) electrons. The number of hydrogen-bond acceptors (Lipinski definition) is 7. The van der Waals surface area contributed by atoms with Gasteiger partial charge in [0.2, 0.25) is 17.4 Å². The van der Waals surface area contributed by atoms with Gasteiger partial charge >= 0.3 is 0 Å². The quantitative estimate of drug-likeness (QED) is 0.247. The number of aromatic amines is 1. The fourth-order valence-corrected chi connectivity index (χ4v) is 4.91. The number of hydrogen-bond donors (Lipinski definition) is 1. The average molecular weight is 485 g/mol. The van der Waals surface area contributed by atoms with E-state index in [1.54, 1.807) is 6.20 Å². The summed E-state index contributed by atoms with van der Waals surface area (Å²) in [4.78, 5) is 22.3. The normalized spacial score (nSPS) is 14.2. The van der Waals surface area contributed by atoms with Gasteiger partial charge in [-0.05, 0) is 41.7 Å². The summed E-state index contributed by atoms with van der Waals surface area (Å²) in [5.41, 5.74) is 3.73. The second kappa shape index (κ2) is 11.3. The van der Waals surface area contributed by atoms with Crippen molar-refractivity contribution in [2.45, 2.75) is 71.3 Å². The van der Waals surface area contributed by atoms with E-state index in [2.05, 4.69) is 56.8 Å². The molecule has 36 heavy (non-hydrogen) atoms. The van der Waals surface area contributed by atoms with Crippen molar-refractivity contribution in [3.8, 4) is 22.6 Å². The van der Waals surface area contributed by atoms with E-state index in [0.717, 1.165) is 73.9 Å². The minimum atomic E-state index is 0.0743. The van der Waals surface area contributed by atoms with Gasteiger partial charge in [-0.1, -0.05) is 69.4 Å². The molecule has 1 saturated carbocycles. The summed E-state index contributed by atoms with van der Waals surface area (Å²) < 4.78 is 1.93. The summed E-state index contributed by atoms with van der Waals surface area (Å²) in [7, 11) is 0. The average Bonchev–Trinajstić information content (AvgIpc) is 3.60. The molecule has 186 valence electrons. The Morgan fingerprint density at radius 3 is 2.67 bits per heavy atom. The number of H-pyrrole nitrogens is 1. The predicted molar refractivity (Wildman–Crippen MR) is 136 cm³/mol. The van der Waals surface area contributed by atoms with Crippen molar-refractivity contribution in [1.82, 2.24) is 40.4 Å². The number of pyridine rings is 1. The first kappa shape index (κ1) is 24.0. The van der Waals surface area contributed by atoms with Crippen molar-refractivity contribution in [3.63, 3.8) is 0 Å². The van der Waals surface area contributed by atoms with Crippen molar-refractivity contribution < 1.29 is 4.79 Å². The lowest BCUT2D eigenvalue weighted by Crippen LogP contribution is -2.19. The maximum Gasteiger partial charge on any atom is 0.223 e. The van der Waals surface area contributed by atoms with E-state index < -0.39 is 0 Å². The zero-order chi connectivity index (χ0) is 24.7. The summed E-state index contributed by atoms with van der Waals surface area (Å²) in [6.45, 7) is 2.77. The van der Waals surface area contributed by atoms with Crippen LogP contribution < -0.4 is 0 Å². The highest BCUT2D eigenvalue weighted by atomic mass is 16.1. The van der Waals surface area contributed by atoms with E-state index in [4.69, 9.17) is 10.1 Å². The summed E-state index contributed by atoms with van der Waals surface area (Å²) in [6, 6.07) is 12.2. The number of rotatable bonds is 10. The first-order valence-electron chi connectivity index (χ1n) is 13.0. The summed E-state index contributed by atoms with van der Waals surface area (Å²) in [5.74, 6) is 1.95. The van der Waals surface area contributed by atoms with Crippen LogP contribution in [0.3, 0.4) is 0 Å². The van der Waals surface area contributed by atoms with Gasteiger partial charge in [0.1, 0.15) is 11.5 Å². The third-order valence-corrected chi connectivity index (χ3v) is 6.91. The topological polar surface area (TPSA) is 115 Å². The van der Waals surface area contributed by atoms with Crippen LogP contribution in [0.25, 0.3) is 22.6 Å². The Balaban J connectivity index is 1.37. The Hall–Kier alpha value is -3.75. The van der Waals surface area contributed by atoms with Crippen LogP contribution in [0, 0.1) is 5.92 Å². The van der Waals surface area contributed by atoms with E-state index in [1.807, 2.05) is 16.8 Å². The number of ketones is 1. The van der Waals surface area contributed by atoms with Gasteiger partial charge in [0.15, 0.2) is 0 Å².